The Morgan fingerprint density at radius 1 is 1.14 bits per heavy atom. The van der Waals surface area contributed by atoms with Gasteiger partial charge < -0.3 is 5.11 Å². The van der Waals surface area contributed by atoms with E-state index in [4.69, 9.17) is 0 Å². The van der Waals surface area contributed by atoms with E-state index in [9.17, 15) is 26.7 Å². The van der Waals surface area contributed by atoms with Gasteiger partial charge in [-0.3, -0.25) is 4.31 Å². The molecule has 1 aliphatic heterocycles. The molecule has 0 aliphatic carbocycles. The lowest BCUT2D eigenvalue weighted by molar-refractivity contribution is -0.152. The summed E-state index contributed by atoms with van der Waals surface area (Å²) in [6.07, 6.45) is -7.83. The molecule has 22 heavy (non-hydrogen) atoms. The van der Waals surface area contributed by atoms with Crippen LogP contribution >= 0.6 is 0 Å². The van der Waals surface area contributed by atoms with E-state index in [0.717, 1.165) is 4.31 Å². The van der Waals surface area contributed by atoms with Crippen LogP contribution in [0.1, 0.15) is 6.42 Å². The van der Waals surface area contributed by atoms with Crippen molar-refractivity contribution in [3.63, 3.8) is 0 Å². The smallest absolute Gasteiger partial charge is 0.391 e. The Hall–Kier alpha value is -1.80. The van der Waals surface area contributed by atoms with Gasteiger partial charge in [0.15, 0.2) is 0 Å². The van der Waals surface area contributed by atoms with Crippen LogP contribution in [0.25, 0.3) is 10.8 Å². The summed E-state index contributed by atoms with van der Waals surface area (Å²) in [5.74, 6) is 0. The Bertz CT molecular complexity index is 828. The number of aliphatic hydroxyl groups excluding tert-OH is 1. The number of nitrogens with zero attached hydrogens (tertiary/aromatic N) is 1. The SMILES string of the molecule is O=S1(=O)c2cccc3cccc(c23)N1C[C@@H](O)CC(F)(F)F. The third-order valence-electron chi connectivity index (χ3n) is 3.52. The van der Waals surface area contributed by atoms with E-state index in [-0.39, 0.29) is 4.90 Å². The maximum Gasteiger partial charge on any atom is 0.391 e. The van der Waals surface area contributed by atoms with Gasteiger partial charge in [0, 0.05) is 5.39 Å². The lowest BCUT2D eigenvalue weighted by Crippen LogP contribution is -2.37. The van der Waals surface area contributed by atoms with Crippen LogP contribution in [-0.2, 0) is 10.0 Å². The minimum atomic E-state index is -4.55. The average molecular weight is 331 g/mol. The summed E-state index contributed by atoms with van der Waals surface area (Å²) in [4.78, 5) is 0.0554. The Balaban J connectivity index is 2.03. The fourth-order valence-corrected chi connectivity index (χ4v) is 4.43. The van der Waals surface area contributed by atoms with Crippen molar-refractivity contribution < 1.29 is 26.7 Å². The number of benzene rings is 2. The summed E-state index contributed by atoms with van der Waals surface area (Å²) in [5.41, 5.74) is 0.300. The molecule has 1 aliphatic rings. The number of β-amino-alcohol motifs (C(OH)–C–C–N with tert-alkyl or cyclic N) is 1. The van der Waals surface area contributed by atoms with E-state index < -0.39 is 35.3 Å². The number of sulfonamides is 1. The Morgan fingerprint density at radius 3 is 2.41 bits per heavy atom. The maximum absolute atomic E-state index is 12.5. The summed E-state index contributed by atoms with van der Waals surface area (Å²) >= 11 is 0. The topological polar surface area (TPSA) is 57.6 Å². The standard InChI is InChI=1S/C14H12F3NO3S/c15-14(16,17)7-10(19)8-18-11-5-1-3-9-4-2-6-12(13(9)11)22(18,20)21/h1-6,10,19H,7-8H2/t10-/m0/s1. The zero-order chi connectivity index (χ0) is 16.1. The molecule has 8 heteroatoms. The molecule has 118 valence electrons. The maximum atomic E-state index is 12.5. The molecular weight excluding hydrogens is 319 g/mol. The lowest BCUT2D eigenvalue weighted by atomic mass is 10.1. The van der Waals surface area contributed by atoms with Crippen molar-refractivity contribution >= 4 is 26.5 Å². The first-order chi connectivity index (χ1) is 10.2. The van der Waals surface area contributed by atoms with Crippen LogP contribution in [0.4, 0.5) is 18.9 Å². The quantitative estimate of drug-likeness (QED) is 0.941. The number of rotatable bonds is 3. The molecule has 2 aromatic carbocycles. The van der Waals surface area contributed by atoms with Crippen LogP contribution in [0.2, 0.25) is 0 Å². The number of alkyl halides is 3. The molecule has 0 radical (unpaired) electrons. The lowest BCUT2D eigenvalue weighted by Gasteiger charge is -2.22. The normalized spacial score (nSPS) is 17.9. The minimum absolute atomic E-state index is 0.0554. The predicted octanol–water partition coefficient (Wildman–Crippen LogP) is 2.66. The van der Waals surface area contributed by atoms with Crippen LogP contribution < -0.4 is 4.31 Å². The molecule has 4 nitrogen and oxygen atoms in total. The molecule has 0 aromatic heterocycles. The molecule has 0 bridgehead atoms. The van der Waals surface area contributed by atoms with Gasteiger partial charge in [0.05, 0.1) is 29.7 Å². The van der Waals surface area contributed by atoms with Gasteiger partial charge >= 0.3 is 6.18 Å². The number of hydrogen-bond acceptors (Lipinski definition) is 3. The highest BCUT2D eigenvalue weighted by molar-refractivity contribution is 7.93. The second-order valence-corrected chi connectivity index (χ2v) is 6.97. The van der Waals surface area contributed by atoms with Crippen molar-refractivity contribution in [1.82, 2.24) is 0 Å². The van der Waals surface area contributed by atoms with Crippen molar-refractivity contribution in [2.24, 2.45) is 0 Å². The molecule has 0 unspecified atom stereocenters. The highest BCUT2D eigenvalue weighted by Gasteiger charge is 2.39. The molecular formula is C14H12F3NO3S. The van der Waals surface area contributed by atoms with Crippen molar-refractivity contribution in [2.45, 2.75) is 23.6 Å². The monoisotopic (exact) mass is 331 g/mol. The van der Waals surface area contributed by atoms with Crippen LogP contribution in [0.3, 0.4) is 0 Å². The highest BCUT2D eigenvalue weighted by atomic mass is 32.2. The first kappa shape index (κ1) is 15.1. The Kier molecular flexibility index (Phi) is 3.33. The number of anilines is 1. The van der Waals surface area contributed by atoms with Crippen LogP contribution in [0, 0.1) is 0 Å². The van der Waals surface area contributed by atoms with Gasteiger partial charge in [0.2, 0.25) is 0 Å². The number of halogens is 3. The van der Waals surface area contributed by atoms with E-state index in [0.29, 0.717) is 16.5 Å². The molecule has 1 N–H and O–H groups in total. The van der Waals surface area contributed by atoms with E-state index in [1.807, 2.05) is 0 Å². The third kappa shape index (κ3) is 2.42. The fraction of sp³-hybridized carbons (Fsp3) is 0.286. The molecule has 1 atom stereocenters. The van der Waals surface area contributed by atoms with Gasteiger partial charge in [-0.2, -0.15) is 13.2 Å². The highest BCUT2D eigenvalue weighted by Crippen LogP contribution is 2.42. The molecule has 0 saturated heterocycles. The summed E-state index contributed by atoms with van der Waals surface area (Å²) in [6.45, 7) is -0.629. The van der Waals surface area contributed by atoms with E-state index in [1.54, 1.807) is 24.3 Å². The van der Waals surface area contributed by atoms with Crippen molar-refractivity contribution in [2.75, 3.05) is 10.8 Å². The van der Waals surface area contributed by atoms with Crippen LogP contribution in [0.5, 0.6) is 0 Å². The Labute approximate surface area is 124 Å². The zero-order valence-corrected chi connectivity index (χ0v) is 12.0. The molecule has 0 amide bonds. The fourth-order valence-electron chi connectivity index (χ4n) is 2.68. The van der Waals surface area contributed by atoms with Gasteiger partial charge in [-0.25, -0.2) is 8.42 Å². The van der Waals surface area contributed by atoms with Gasteiger partial charge in [-0.1, -0.05) is 24.3 Å². The largest absolute Gasteiger partial charge is 0.391 e. The van der Waals surface area contributed by atoms with Crippen molar-refractivity contribution in [1.29, 1.82) is 0 Å². The second kappa shape index (κ2) is 4.85. The molecule has 3 rings (SSSR count). The summed E-state index contributed by atoms with van der Waals surface area (Å²) < 4.78 is 62.9. The summed E-state index contributed by atoms with van der Waals surface area (Å²) in [6, 6.07) is 9.61. The van der Waals surface area contributed by atoms with Gasteiger partial charge in [-0.05, 0) is 17.5 Å². The predicted molar refractivity (Wildman–Crippen MR) is 75.2 cm³/mol. The molecule has 0 fully saturated rings. The van der Waals surface area contributed by atoms with Crippen LogP contribution in [0.15, 0.2) is 41.3 Å². The first-order valence-corrected chi connectivity index (χ1v) is 7.93. The van der Waals surface area contributed by atoms with Crippen LogP contribution in [-0.4, -0.2) is 32.3 Å². The van der Waals surface area contributed by atoms with Gasteiger partial charge in [0.1, 0.15) is 0 Å². The summed E-state index contributed by atoms with van der Waals surface area (Å²) in [7, 11) is -3.94. The van der Waals surface area contributed by atoms with Gasteiger partial charge in [0.25, 0.3) is 10.0 Å². The minimum Gasteiger partial charge on any atom is -0.391 e. The number of hydrogen-bond donors (Lipinski definition) is 1. The average Bonchev–Trinajstić information content (AvgIpc) is 2.61. The van der Waals surface area contributed by atoms with Crippen molar-refractivity contribution in [3.8, 4) is 0 Å². The summed E-state index contributed by atoms with van der Waals surface area (Å²) in [5, 5.41) is 10.7. The first-order valence-electron chi connectivity index (χ1n) is 6.49. The molecule has 0 saturated carbocycles. The van der Waals surface area contributed by atoms with Gasteiger partial charge in [-0.15, -0.1) is 0 Å². The second-order valence-electron chi connectivity index (χ2n) is 5.14. The molecule has 2 aromatic rings. The van der Waals surface area contributed by atoms with E-state index in [2.05, 4.69) is 0 Å². The van der Waals surface area contributed by atoms with E-state index >= 15 is 0 Å². The molecule has 1 heterocycles. The van der Waals surface area contributed by atoms with Crippen molar-refractivity contribution in [3.05, 3.63) is 36.4 Å². The zero-order valence-electron chi connectivity index (χ0n) is 11.2. The number of aliphatic hydroxyl groups is 1. The Morgan fingerprint density at radius 2 is 1.77 bits per heavy atom. The molecule has 0 spiro atoms. The third-order valence-corrected chi connectivity index (χ3v) is 5.35. The van der Waals surface area contributed by atoms with E-state index in [1.165, 1.54) is 12.1 Å².